The fraction of sp³-hybridized carbons (Fsp3) is 0.333. The number of ketones is 1. The van der Waals surface area contributed by atoms with Crippen LogP contribution in [0.5, 0.6) is 11.5 Å². The summed E-state index contributed by atoms with van der Waals surface area (Å²) in [7, 11) is -1.03. The number of nitrogens with zero attached hydrogens (tertiary/aromatic N) is 1. The summed E-state index contributed by atoms with van der Waals surface area (Å²) in [6, 6.07) is 14.1. The minimum atomic E-state index is -3.69. The van der Waals surface area contributed by atoms with Gasteiger partial charge >= 0.3 is 6.29 Å². The molecule has 2 aromatic carbocycles. The summed E-state index contributed by atoms with van der Waals surface area (Å²) in [5.41, 5.74) is 4.26. The Morgan fingerprint density at radius 2 is 1.74 bits per heavy atom. The highest BCUT2D eigenvalue weighted by atomic mass is 32.2. The Morgan fingerprint density at radius 1 is 1.00 bits per heavy atom. The lowest BCUT2D eigenvalue weighted by molar-refractivity contribution is -0.286. The number of rotatable bonds is 7. The third-order valence-corrected chi connectivity index (χ3v) is 8.02. The number of Topliss-reactive ketones (excluding diaryl/α,β-unsaturated/α-hetero) is 1. The van der Waals surface area contributed by atoms with Crippen molar-refractivity contribution < 1.29 is 27.3 Å². The summed E-state index contributed by atoms with van der Waals surface area (Å²) < 4.78 is 48.0. The Labute approximate surface area is 204 Å². The van der Waals surface area contributed by atoms with Crippen LogP contribution in [0.4, 0.5) is 8.78 Å². The lowest BCUT2D eigenvalue weighted by Crippen LogP contribution is -2.26. The van der Waals surface area contributed by atoms with Crippen LogP contribution >= 0.6 is 0 Å². The van der Waals surface area contributed by atoms with Gasteiger partial charge in [-0.15, -0.1) is 8.78 Å². The van der Waals surface area contributed by atoms with E-state index >= 15 is 0 Å². The second kappa shape index (κ2) is 8.52. The van der Waals surface area contributed by atoms with E-state index in [1.165, 1.54) is 12.1 Å². The SMILES string of the molecule is CCS(=O)c1ccc(-c2nc(CC(=O)C3(c4ccc5c(c4)OC(F)(F)O5)CC3)ccc2C)c(C)c1. The number of pyridine rings is 1. The number of carbonyl (C=O) groups excluding carboxylic acids is 1. The summed E-state index contributed by atoms with van der Waals surface area (Å²) in [5.74, 6) is 0.471. The van der Waals surface area contributed by atoms with Crippen molar-refractivity contribution in [3.05, 3.63) is 70.9 Å². The van der Waals surface area contributed by atoms with E-state index in [0.717, 1.165) is 27.3 Å². The van der Waals surface area contributed by atoms with Crippen molar-refractivity contribution >= 4 is 16.6 Å². The molecule has 1 aliphatic heterocycles. The lowest BCUT2D eigenvalue weighted by Gasteiger charge is -2.16. The monoisotopic (exact) mass is 497 g/mol. The van der Waals surface area contributed by atoms with E-state index in [2.05, 4.69) is 9.47 Å². The average Bonchev–Trinajstić information content (AvgIpc) is 3.57. The number of fused-ring (bicyclic) bond motifs is 1. The Balaban J connectivity index is 1.40. The van der Waals surface area contributed by atoms with Gasteiger partial charge in [0.25, 0.3) is 0 Å². The molecule has 1 fully saturated rings. The molecule has 1 aromatic heterocycles. The number of benzene rings is 2. The number of halogens is 2. The number of carbonyl (C=O) groups is 1. The van der Waals surface area contributed by atoms with Crippen molar-refractivity contribution in [1.82, 2.24) is 4.98 Å². The van der Waals surface area contributed by atoms with Crippen LogP contribution in [0.2, 0.25) is 0 Å². The summed E-state index contributed by atoms with van der Waals surface area (Å²) in [5, 5.41) is 0. The van der Waals surface area contributed by atoms with Gasteiger partial charge < -0.3 is 9.47 Å². The Kier molecular flexibility index (Phi) is 5.74. The van der Waals surface area contributed by atoms with Gasteiger partial charge in [0.05, 0.1) is 21.9 Å². The molecule has 0 saturated heterocycles. The third kappa shape index (κ3) is 4.35. The predicted molar refractivity (Wildman–Crippen MR) is 128 cm³/mol. The minimum Gasteiger partial charge on any atom is -0.395 e. The van der Waals surface area contributed by atoms with E-state index < -0.39 is 22.5 Å². The highest BCUT2D eigenvalue weighted by molar-refractivity contribution is 7.85. The van der Waals surface area contributed by atoms with Gasteiger partial charge in [0.1, 0.15) is 5.78 Å². The van der Waals surface area contributed by atoms with Crippen LogP contribution in [-0.2, 0) is 27.4 Å². The van der Waals surface area contributed by atoms with E-state index in [-0.39, 0.29) is 23.7 Å². The fourth-order valence-corrected chi connectivity index (χ4v) is 5.45. The first-order valence-electron chi connectivity index (χ1n) is 11.5. The molecule has 35 heavy (non-hydrogen) atoms. The lowest BCUT2D eigenvalue weighted by atomic mass is 9.88. The van der Waals surface area contributed by atoms with Crippen molar-refractivity contribution in [3.63, 3.8) is 0 Å². The average molecular weight is 498 g/mol. The van der Waals surface area contributed by atoms with Crippen LogP contribution in [0.3, 0.4) is 0 Å². The predicted octanol–water partition coefficient (Wildman–Crippen LogP) is 5.66. The molecule has 182 valence electrons. The first-order valence-corrected chi connectivity index (χ1v) is 12.8. The highest BCUT2D eigenvalue weighted by Crippen LogP contribution is 2.52. The number of aryl methyl sites for hydroxylation is 2. The Morgan fingerprint density at radius 3 is 2.43 bits per heavy atom. The zero-order valence-electron chi connectivity index (χ0n) is 19.7. The normalized spacial score (nSPS) is 17.7. The van der Waals surface area contributed by atoms with Crippen LogP contribution < -0.4 is 9.47 Å². The molecule has 0 spiro atoms. The van der Waals surface area contributed by atoms with E-state index in [0.29, 0.717) is 29.9 Å². The van der Waals surface area contributed by atoms with Gasteiger partial charge in [0.15, 0.2) is 11.5 Å². The zero-order chi connectivity index (χ0) is 25.0. The van der Waals surface area contributed by atoms with E-state index in [4.69, 9.17) is 4.98 Å². The maximum Gasteiger partial charge on any atom is 0.586 e. The summed E-state index contributed by atoms with van der Waals surface area (Å²) in [6.07, 6.45) is -2.26. The number of hydrogen-bond acceptors (Lipinski definition) is 5. The maximum atomic E-state index is 13.4. The number of hydrogen-bond donors (Lipinski definition) is 0. The van der Waals surface area contributed by atoms with Gasteiger partial charge in [-0.2, -0.15) is 0 Å². The van der Waals surface area contributed by atoms with Gasteiger partial charge in [-0.25, -0.2) is 0 Å². The second-order valence-electron chi connectivity index (χ2n) is 9.09. The Hall–Kier alpha value is -3.13. The van der Waals surface area contributed by atoms with Crippen molar-refractivity contribution in [1.29, 1.82) is 0 Å². The quantitative estimate of drug-likeness (QED) is 0.422. The molecule has 0 bridgehead atoms. The van der Waals surface area contributed by atoms with Crippen LogP contribution in [0.25, 0.3) is 11.3 Å². The highest BCUT2D eigenvalue weighted by Gasteiger charge is 2.52. The van der Waals surface area contributed by atoms with Gasteiger partial charge in [0, 0.05) is 28.3 Å². The first kappa shape index (κ1) is 23.6. The molecule has 3 aromatic rings. The van der Waals surface area contributed by atoms with Crippen LogP contribution in [0, 0.1) is 13.8 Å². The molecule has 1 saturated carbocycles. The van der Waals surface area contributed by atoms with E-state index in [1.807, 2.05) is 51.1 Å². The molecule has 1 atom stereocenters. The first-order chi connectivity index (χ1) is 16.6. The molecule has 2 aliphatic rings. The molecule has 0 amide bonds. The molecule has 0 N–H and O–H groups in total. The minimum absolute atomic E-state index is 0.00385. The molecule has 5 nitrogen and oxygen atoms in total. The maximum absolute atomic E-state index is 13.4. The van der Waals surface area contributed by atoms with Crippen molar-refractivity contribution in [3.8, 4) is 22.8 Å². The summed E-state index contributed by atoms with van der Waals surface area (Å²) >= 11 is 0. The fourth-order valence-electron chi connectivity index (χ4n) is 4.58. The molecule has 8 heteroatoms. The number of aromatic nitrogens is 1. The molecule has 5 rings (SSSR count). The van der Waals surface area contributed by atoms with E-state index in [1.54, 1.807) is 6.07 Å². The third-order valence-electron chi connectivity index (χ3n) is 6.71. The molecule has 1 unspecified atom stereocenters. The van der Waals surface area contributed by atoms with Crippen molar-refractivity contribution in [2.45, 2.75) is 56.6 Å². The number of alkyl halides is 2. The molecule has 0 radical (unpaired) electrons. The van der Waals surface area contributed by atoms with Gasteiger partial charge in [0.2, 0.25) is 0 Å². The summed E-state index contributed by atoms with van der Waals surface area (Å²) in [4.78, 5) is 19.0. The van der Waals surface area contributed by atoms with Gasteiger partial charge in [-0.05, 0) is 73.7 Å². The second-order valence-corrected chi connectivity index (χ2v) is 10.8. The van der Waals surface area contributed by atoms with Crippen LogP contribution in [0.15, 0.2) is 53.4 Å². The van der Waals surface area contributed by atoms with Crippen LogP contribution in [0.1, 0.15) is 42.1 Å². The molecule has 1 aliphatic carbocycles. The molecular formula is C27H25F2NO4S. The van der Waals surface area contributed by atoms with Gasteiger partial charge in [-0.1, -0.05) is 25.1 Å². The largest absolute Gasteiger partial charge is 0.586 e. The summed E-state index contributed by atoms with van der Waals surface area (Å²) in [6.45, 7) is 5.82. The topological polar surface area (TPSA) is 65.5 Å². The number of ether oxygens (including phenoxy) is 2. The molecular weight excluding hydrogens is 472 g/mol. The molecule has 2 heterocycles. The van der Waals surface area contributed by atoms with Crippen LogP contribution in [-0.4, -0.2) is 27.0 Å². The smallest absolute Gasteiger partial charge is 0.395 e. The standard InChI is InChI=1S/C27H25F2NO4S/c1-4-35(32)20-8-9-21(17(3)13-20)25-16(2)5-7-19(30-25)15-24(31)26(11-12-26)18-6-10-22-23(14-18)34-27(28,29)33-22/h5-10,13-14H,4,11-12,15H2,1-3H3. The zero-order valence-corrected chi connectivity index (χ0v) is 20.5. The van der Waals surface area contributed by atoms with Gasteiger partial charge in [-0.3, -0.25) is 14.0 Å². The Bertz CT molecular complexity index is 1370. The van der Waals surface area contributed by atoms with Crippen molar-refractivity contribution in [2.75, 3.05) is 5.75 Å². The van der Waals surface area contributed by atoms with E-state index in [9.17, 15) is 17.8 Å². The van der Waals surface area contributed by atoms with Crippen molar-refractivity contribution in [2.24, 2.45) is 0 Å².